The van der Waals surface area contributed by atoms with Crippen molar-refractivity contribution in [3.05, 3.63) is 24.0 Å². The highest BCUT2D eigenvalue weighted by molar-refractivity contribution is 8.13. The lowest BCUT2D eigenvalue weighted by molar-refractivity contribution is -0.252. The number of hydrogen-bond acceptors (Lipinski definition) is 6. The number of sulfonamides is 1. The van der Waals surface area contributed by atoms with Gasteiger partial charge in [-0.1, -0.05) is 0 Å². The molecule has 0 amide bonds. The molecule has 2 rings (SSSR count). The molecule has 1 aromatic rings. The first-order chi connectivity index (χ1) is 11.7. The van der Waals surface area contributed by atoms with Crippen LogP contribution in [0.5, 0.6) is 0 Å². The van der Waals surface area contributed by atoms with E-state index in [1.807, 2.05) is 0 Å². The van der Waals surface area contributed by atoms with E-state index in [9.17, 15) is 39.5 Å². The average molecular weight is 441 g/mol. The molecule has 1 fully saturated rings. The molecule has 0 saturated carbocycles. The molecule has 7 nitrogen and oxygen atoms in total. The van der Waals surface area contributed by atoms with Crippen LogP contribution < -0.4 is 0 Å². The third kappa shape index (κ3) is 4.46. The SMILES string of the molecule is O=S(=O)(Cl)c1ccc(S(=O)(=O)N2CCN(C(O)C(F)(F)F)CC2)c(F)c1. The maximum absolute atomic E-state index is 14.1. The van der Waals surface area contributed by atoms with E-state index in [2.05, 4.69) is 0 Å². The molecular weight excluding hydrogens is 428 g/mol. The summed E-state index contributed by atoms with van der Waals surface area (Å²) in [5, 5.41) is 9.17. The Balaban J connectivity index is 2.20. The normalized spacial score (nSPS) is 19.5. The van der Waals surface area contributed by atoms with Gasteiger partial charge in [-0.05, 0) is 18.2 Å². The van der Waals surface area contributed by atoms with Crippen molar-refractivity contribution in [2.24, 2.45) is 0 Å². The van der Waals surface area contributed by atoms with Crippen LogP contribution in [-0.2, 0) is 19.1 Å². The lowest BCUT2D eigenvalue weighted by Crippen LogP contribution is -2.55. The van der Waals surface area contributed by atoms with E-state index in [0.29, 0.717) is 11.0 Å². The van der Waals surface area contributed by atoms with Crippen molar-refractivity contribution in [3.63, 3.8) is 0 Å². The molecule has 148 valence electrons. The Kier molecular flexibility index (Phi) is 5.90. The molecule has 0 aromatic heterocycles. The number of hydrogen-bond donors (Lipinski definition) is 1. The molecule has 1 N–H and O–H groups in total. The lowest BCUT2D eigenvalue weighted by atomic mass is 10.3. The Morgan fingerprint density at radius 1 is 1.08 bits per heavy atom. The van der Waals surface area contributed by atoms with Gasteiger partial charge in [0.15, 0.2) is 0 Å². The summed E-state index contributed by atoms with van der Waals surface area (Å²) in [4.78, 5) is -0.814. The molecule has 1 unspecified atom stereocenters. The summed E-state index contributed by atoms with van der Waals surface area (Å²) in [6, 6.07) is 1.97. The maximum atomic E-state index is 14.1. The second-order valence-electron chi connectivity index (χ2n) is 5.39. The smallest absolute Gasteiger partial charge is 0.370 e. The molecular formula is C12H13ClF4N2O5S2. The third-order valence-electron chi connectivity index (χ3n) is 3.71. The van der Waals surface area contributed by atoms with E-state index < -0.39 is 73.3 Å². The minimum atomic E-state index is -4.88. The van der Waals surface area contributed by atoms with Gasteiger partial charge in [0.25, 0.3) is 9.05 Å². The number of piperazine rings is 1. The Hall–Kier alpha value is -0.990. The van der Waals surface area contributed by atoms with Crippen LogP contribution in [0.2, 0.25) is 0 Å². The summed E-state index contributed by atoms with van der Waals surface area (Å²) in [5.74, 6) is -1.36. The van der Waals surface area contributed by atoms with Crippen molar-refractivity contribution in [1.29, 1.82) is 0 Å². The highest BCUT2D eigenvalue weighted by Crippen LogP contribution is 2.27. The second kappa shape index (κ2) is 7.20. The summed E-state index contributed by atoms with van der Waals surface area (Å²) < 4.78 is 99.4. The number of halogens is 5. The van der Waals surface area contributed by atoms with Gasteiger partial charge in [0.05, 0.1) is 4.90 Å². The number of alkyl halides is 3. The quantitative estimate of drug-likeness (QED) is 0.553. The molecule has 0 radical (unpaired) electrons. The molecule has 0 aliphatic carbocycles. The van der Waals surface area contributed by atoms with E-state index in [0.717, 1.165) is 16.4 Å². The van der Waals surface area contributed by atoms with Gasteiger partial charge in [0, 0.05) is 36.9 Å². The number of aliphatic hydroxyl groups excluding tert-OH is 1. The van der Waals surface area contributed by atoms with Gasteiger partial charge in [-0.2, -0.15) is 17.5 Å². The van der Waals surface area contributed by atoms with E-state index in [1.165, 1.54) is 0 Å². The number of rotatable bonds is 4. The zero-order valence-electron chi connectivity index (χ0n) is 12.8. The first-order valence-electron chi connectivity index (χ1n) is 6.98. The molecule has 1 heterocycles. The van der Waals surface area contributed by atoms with E-state index >= 15 is 0 Å². The predicted molar refractivity (Wildman–Crippen MR) is 81.8 cm³/mol. The molecule has 1 aliphatic rings. The van der Waals surface area contributed by atoms with Crippen molar-refractivity contribution in [3.8, 4) is 0 Å². The first kappa shape index (κ1) is 21.3. The minimum Gasteiger partial charge on any atom is -0.370 e. The lowest BCUT2D eigenvalue weighted by Gasteiger charge is -2.36. The number of nitrogens with zero attached hydrogens (tertiary/aromatic N) is 2. The fourth-order valence-electron chi connectivity index (χ4n) is 2.38. The maximum Gasteiger partial charge on any atom is 0.428 e. The summed E-state index contributed by atoms with van der Waals surface area (Å²) in [6.07, 6.45) is -7.60. The van der Waals surface area contributed by atoms with E-state index in [4.69, 9.17) is 10.7 Å². The average Bonchev–Trinajstić information content (AvgIpc) is 2.52. The van der Waals surface area contributed by atoms with Gasteiger partial charge in [-0.25, -0.2) is 21.2 Å². The zero-order chi connectivity index (χ0) is 19.9. The third-order valence-corrected chi connectivity index (χ3v) is 7.00. The van der Waals surface area contributed by atoms with Crippen molar-refractivity contribution in [2.45, 2.75) is 22.2 Å². The van der Waals surface area contributed by atoms with Crippen molar-refractivity contribution in [1.82, 2.24) is 9.21 Å². The summed E-state index contributed by atoms with van der Waals surface area (Å²) in [5.41, 5.74) is 0. The standard InChI is InChI=1S/C12H13ClF4N2O5S2/c13-25(21,22)8-1-2-10(9(14)7-8)26(23,24)19-5-3-18(4-6-19)11(20)12(15,16)17/h1-2,7,11,20H,3-6H2. The topological polar surface area (TPSA) is 95.0 Å². The fourth-order valence-corrected chi connectivity index (χ4v) is 4.61. The highest BCUT2D eigenvalue weighted by atomic mass is 35.7. The monoisotopic (exact) mass is 440 g/mol. The van der Waals surface area contributed by atoms with Crippen LogP contribution >= 0.6 is 10.7 Å². The number of benzene rings is 1. The molecule has 1 aromatic carbocycles. The van der Waals surface area contributed by atoms with Crippen LogP contribution in [0.4, 0.5) is 17.6 Å². The molecule has 1 atom stereocenters. The molecule has 26 heavy (non-hydrogen) atoms. The van der Waals surface area contributed by atoms with Crippen molar-refractivity contribution < 1.29 is 39.5 Å². The highest BCUT2D eigenvalue weighted by Gasteiger charge is 2.44. The predicted octanol–water partition coefficient (Wildman–Crippen LogP) is 0.940. The molecule has 0 bridgehead atoms. The van der Waals surface area contributed by atoms with Crippen LogP contribution in [0.3, 0.4) is 0 Å². The van der Waals surface area contributed by atoms with Gasteiger partial charge in [0.2, 0.25) is 16.3 Å². The van der Waals surface area contributed by atoms with Crippen LogP contribution in [0.1, 0.15) is 0 Å². The van der Waals surface area contributed by atoms with Gasteiger partial charge < -0.3 is 5.11 Å². The molecule has 14 heteroatoms. The van der Waals surface area contributed by atoms with Gasteiger partial charge in [0.1, 0.15) is 10.7 Å². The second-order valence-corrected chi connectivity index (χ2v) is 9.86. The molecule has 1 aliphatic heterocycles. The van der Waals surface area contributed by atoms with Gasteiger partial charge in [-0.15, -0.1) is 0 Å². The Morgan fingerprint density at radius 2 is 1.62 bits per heavy atom. The Morgan fingerprint density at radius 3 is 2.04 bits per heavy atom. The van der Waals surface area contributed by atoms with Crippen molar-refractivity contribution >= 4 is 29.8 Å². The summed E-state index contributed by atoms with van der Waals surface area (Å²) >= 11 is 0. The Labute approximate surface area is 151 Å². The number of aliphatic hydroxyl groups is 1. The molecule has 1 saturated heterocycles. The van der Waals surface area contributed by atoms with E-state index in [-0.39, 0.29) is 0 Å². The largest absolute Gasteiger partial charge is 0.428 e. The van der Waals surface area contributed by atoms with Crippen molar-refractivity contribution in [2.75, 3.05) is 26.2 Å². The van der Waals surface area contributed by atoms with Gasteiger partial charge in [-0.3, -0.25) is 4.90 Å². The van der Waals surface area contributed by atoms with Crippen LogP contribution in [0, 0.1) is 5.82 Å². The first-order valence-corrected chi connectivity index (χ1v) is 10.7. The minimum absolute atomic E-state index is 0.412. The van der Waals surface area contributed by atoms with Gasteiger partial charge >= 0.3 is 6.18 Å². The van der Waals surface area contributed by atoms with Crippen LogP contribution in [0.15, 0.2) is 28.0 Å². The summed E-state index contributed by atoms with van der Waals surface area (Å²) in [6.45, 7) is -1.67. The van der Waals surface area contributed by atoms with Crippen LogP contribution in [0.25, 0.3) is 0 Å². The fraction of sp³-hybridized carbons (Fsp3) is 0.500. The van der Waals surface area contributed by atoms with Crippen LogP contribution in [-0.4, -0.2) is 69.7 Å². The zero-order valence-corrected chi connectivity index (χ0v) is 15.2. The summed E-state index contributed by atoms with van der Waals surface area (Å²) in [7, 11) is -3.62. The van der Waals surface area contributed by atoms with E-state index in [1.54, 1.807) is 0 Å². The molecule has 0 spiro atoms. The Bertz CT molecular complexity index is 883.